The van der Waals surface area contributed by atoms with Gasteiger partial charge >= 0.3 is 6.09 Å². The Labute approximate surface area is 176 Å². The maximum Gasteiger partial charge on any atom is 0.410 e. The second kappa shape index (κ2) is 9.09. The van der Waals surface area contributed by atoms with Crippen LogP contribution in [0, 0.1) is 0 Å². The molecule has 0 bridgehead atoms. The molecule has 7 heteroatoms. The molecule has 0 saturated carbocycles. The minimum Gasteiger partial charge on any atom is -0.444 e. The summed E-state index contributed by atoms with van der Waals surface area (Å²) in [5.41, 5.74) is 2.09. The van der Waals surface area contributed by atoms with Crippen LogP contribution >= 0.6 is 0 Å². The molecule has 3 rings (SSSR count). The van der Waals surface area contributed by atoms with E-state index in [0.29, 0.717) is 24.6 Å². The largest absolute Gasteiger partial charge is 0.444 e. The normalized spacial score (nSPS) is 14.1. The molecule has 0 spiro atoms. The summed E-state index contributed by atoms with van der Waals surface area (Å²) in [7, 11) is 0. The maximum absolute atomic E-state index is 12.6. The Morgan fingerprint density at radius 1 is 1.20 bits per heavy atom. The van der Waals surface area contributed by atoms with Crippen molar-refractivity contribution in [2.45, 2.75) is 39.3 Å². The number of amides is 2. The highest BCUT2D eigenvalue weighted by atomic mass is 16.6. The van der Waals surface area contributed by atoms with Gasteiger partial charge in [-0.05, 0) is 56.0 Å². The van der Waals surface area contributed by atoms with E-state index in [2.05, 4.69) is 4.98 Å². The fraction of sp³-hybridized carbons (Fsp3) is 0.348. The molecule has 2 heterocycles. The highest BCUT2D eigenvalue weighted by Crippen LogP contribution is 2.23. The number of carbonyl (C=O) groups excluding carboxylic acids is 2. The van der Waals surface area contributed by atoms with Crippen LogP contribution in [-0.4, -0.2) is 50.8 Å². The summed E-state index contributed by atoms with van der Waals surface area (Å²) >= 11 is 0. The number of hydrogen-bond acceptors (Lipinski definition) is 5. The monoisotopic (exact) mass is 409 g/mol. The average Bonchev–Trinajstić information content (AvgIpc) is 2.73. The Bertz CT molecular complexity index is 935. The van der Waals surface area contributed by atoms with Crippen molar-refractivity contribution >= 4 is 17.6 Å². The zero-order valence-corrected chi connectivity index (χ0v) is 17.5. The molecule has 1 aromatic heterocycles. The second-order valence-electron chi connectivity index (χ2n) is 8.20. The van der Waals surface area contributed by atoms with Gasteiger partial charge in [0, 0.05) is 19.3 Å². The summed E-state index contributed by atoms with van der Waals surface area (Å²) < 4.78 is 5.46. The number of nitrogens with zero attached hydrogens (tertiary/aromatic N) is 3. The molecule has 1 aliphatic heterocycles. The molecule has 1 aromatic carbocycles. The van der Waals surface area contributed by atoms with Gasteiger partial charge in [-0.25, -0.2) is 9.86 Å². The highest BCUT2D eigenvalue weighted by molar-refractivity contribution is 5.92. The molecule has 30 heavy (non-hydrogen) atoms. The van der Waals surface area contributed by atoms with Crippen LogP contribution in [0.15, 0.2) is 54.7 Å². The van der Waals surface area contributed by atoms with E-state index in [9.17, 15) is 14.8 Å². The van der Waals surface area contributed by atoms with Gasteiger partial charge in [0.15, 0.2) is 0 Å². The predicted octanol–water partition coefficient (Wildman–Crippen LogP) is 4.14. The van der Waals surface area contributed by atoms with Crippen molar-refractivity contribution in [2.75, 3.05) is 13.1 Å². The number of aromatic nitrogens is 1. The number of hydroxylamine groups is 2. The molecule has 1 N–H and O–H groups in total. The van der Waals surface area contributed by atoms with E-state index in [0.717, 1.165) is 16.7 Å². The van der Waals surface area contributed by atoms with Crippen molar-refractivity contribution in [3.05, 3.63) is 71.6 Å². The van der Waals surface area contributed by atoms with Crippen LogP contribution in [0.1, 0.15) is 48.8 Å². The third-order valence-electron chi connectivity index (χ3n) is 4.56. The Kier molecular flexibility index (Phi) is 6.52. The summed E-state index contributed by atoms with van der Waals surface area (Å²) in [6, 6.07) is 12.7. The lowest BCUT2D eigenvalue weighted by Gasteiger charge is -2.30. The van der Waals surface area contributed by atoms with Crippen molar-refractivity contribution in [3.63, 3.8) is 0 Å². The van der Waals surface area contributed by atoms with Gasteiger partial charge in [0.25, 0.3) is 5.91 Å². The Hall–Kier alpha value is -3.19. The molecule has 158 valence electrons. The molecule has 0 atom stereocenters. The first kappa shape index (κ1) is 21.5. The summed E-state index contributed by atoms with van der Waals surface area (Å²) in [4.78, 5) is 30.8. The molecule has 1 aliphatic rings. The lowest BCUT2D eigenvalue weighted by molar-refractivity contribution is -0.0652. The molecule has 0 saturated heterocycles. The van der Waals surface area contributed by atoms with E-state index in [1.165, 1.54) is 6.20 Å². The summed E-state index contributed by atoms with van der Waals surface area (Å²) in [5.74, 6) is -0.582. The second-order valence-corrected chi connectivity index (χ2v) is 8.20. The Morgan fingerprint density at radius 3 is 2.63 bits per heavy atom. The molecule has 0 unspecified atom stereocenters. The van der Waals surface area contributed by atoms with Gasteiger partial charge in [-0.2, -0.15) is 0 Å². The highest BCUT2D eigenvalue weighted by Gasteiger charge is 2.25. The predicted molar refractivity (Wildman–Crippen MR) is 113 cm³/mol. The van der Waals surface area contributed by atoms with Crippen LogP contribution in [0.4, 0.5) is 4.79 Å². The van der Waals surface area contributed by atoms with Gasteiger partial charge < -0.3 is 9.64 Å². The van der Waals surface area contributed by atoms with Crippen LogP contribution in [0.2, 0.25) is 0 Å². The number of hydrogen-bond donors (Lipinski definition) is 1. The molecule has 0 radical (unpaired) electrons. The molecule has 2 aromatic rings. The zero-order valence-electron chi connectivity index (χ0n) is 17.5. The van der Waals surface area contributed by atoms with E-state index in [1.807, 2.05) is 57.2 Å². The topological polar surface area (TPSA) is 83.0 Å². The van der Waals surface area contributed by atoms with Crippen LogP contribution in [-0.2, 0) is 11.3 Å². The number of carbonyl (C=O) groups is 2. The smallest absolute Gasteiger partial charge is 0.410 e. The fourth-order valence-electron chi connectivity index (χ4n) is 3.14. The van der Waals surface area contributed by atoms with Gasteiger partial charge in [-0.3, -0.25) is 15.0 Å². The first-order valence-electron chi connectivity index (χ1n) is 9.91. The van der Waals surface area contributed by atoms with E-state index in [-0.39, 0.29) is 18.3 Å². The standard InChI is InChI=1S/C23H27N3O4/c1-23(2,3)30-22(28)25-13-7-10-19(16-25)18-11-12-24-20(14-18)21(27)26(29)15-17-8-5-4-6-9-17/h4-6,8-12,14,29H,7,13,15-16H2,1-3H3. The number of rotatable bonds is 4. The third-order valence-corrected chi connectivity index (χ3v) is 4.56. The lowest BCUT2D eigenvalue weighted by Crippen LogP contribution is -2.39. The van der Waals surface area contributed by atoms with Crippen LogP contribution in [0.5, 0.6) is 0 Å². The van der Waals surface area contributed by atoms with Crippen LogP contribution < -0.4 is 0 Å². The zero-order chi connectivity index (χ0) is 21.7. The van der Waals surface area contributed by atoms with Crippen molar-refractivity contribution in [1.29, 1.82) is 0 Å². The third kappa shape index (κ3) is 5.67. The van der Waals surface area contributed by atoms with Crippen molar-refractivity contribution in [1.82, 2.24) is 14.9 Å². The van der Waals surface area contributed by atoms with Gasteiger partial charge in [0.05, 0.1) is 6.54 Å². The molecular formula is C23H27N3O4. The lowest BCUT2D eigenvalue weighted by atomic mass is 10.0. The molecule has 7 nitrogen and oxygen atoms in total. The summed E-state index contributed by atoms with van der Waals surface area (Å²) in [6.07, 6.45) is 3.92. The number of ether oxygens (including phenoxy) is 1. The fourth-order valence-corrected chi connectivity index (χ4v) is 3.14. The van der Waals surface area contributed by atoms with Gasteiger partial charge in [-0.1, -0.05) is 36.4 Å². The molecule has 2 amide bonds. The molecule has 0 aliphatic carbocycles. The summed E-state index contributed by atoms with van der Waals surface area (Å²) in [5, 5.41) is 10.9. The SMILES string of the molecule is CC(C)(C)OC(=O)N1CCC=C(c2ccnc(C(=O)N(O)Cc3ccccc3)c2)C1. The van der Waals surface area contributed by atoms with E-state index in [4.69, 9.17) is 4.74 Å². The number of benzene rings is 1. The maximum atomic E-state index is 12.6. The first-order chi connectivity index (χ1) is 14.2. The quantitative estimate of drug-likeness (QED) is 0.606. The van der Waals surface area contributed by atoms with Gasteiger partial charge in [-0.15, -0.1) is 0 Å². The minimum atomic E-state index is -0.582. The van der Waals surface area contributed by atoms with E-state index < -0.39 is 11.5 Å². The summed E-state index contributed by atoms with van der Waals surface area (Å²) in [6.45, 7) is 6.55. The van der Waals surface area contributed by atoms with Crippen LogP contribution in [0.3, 0.4) is 0 Å². The minimum absolute atomic E-state index is 0.0701. The van der Waals surface area contributed by atoms with Crippen molar-refractivity contribution in [2.24, 2.45) is 0 Å². The Morgan fingerprint density at radius 2 is 1.93 bits per heavy atom. The van der Waals surface area contributed by atoms with Crippen molar-refractivity contribution < 1.29 is 19.5 Å². The van der Waals surface area contributed by atoms with Crippen molar-refractivity contribution in [3.8, 4) is 0 Å². The molecular weight excluding hydrogens is 382 g/mol. The van der Waals surface area contributed by atoms with E-state index in [1.54, 1.807) is 17.0 Å². The van der Waals surface area contributed by atoms with Gasteiger partial charge in [0.1, 0.15) is 11.3 Å². The van der Waals surface area contributed by atoms with E-state index >= 15 is 0 Å². The van der Waals surface area contributed by atoms with Crippen LogP contribution in [0.25, 0.3) is 5.57 Å². The first-order valence-corrected chi connectivity index (χ1v) is 9.91. The van der Waals surface area contributed by atoms with Gasteiger partial charge in [0.2, 0.25) is 0 Å². The molecule has 0 fully saturated rings. The average molecular weight is 409 g/mol. The Balaban J connectivity index is 1.71. The number of pyridine rings is 1.